The Morgan fingerprint density at radius 1 is 0.946 bits per heavy atom. The van der Waals surface area contributed by atoms with E-state index in [9.17, 15) is 19.2 Å². The van der Waals surface area contributed by atoms with Crippen molar-refractivity contribution in [2.45, 2.75) is 38.1 Å². The summed E-state index contributed by atoms with van der Waals surface area (Å²) in [7, 11) is 2.85. The molecule has 1 saturated carbocycles. The average Bonchev–Trinajstić information content (AvgIpc) is 2.91. The molecular weight excluding hydrogens is 482 g/mol. The van der Waals surface area contributed by atoms with Crippen LogP contribution in [0.5, 0.6) is 11.5 Å². The molecule has 1 aliphatic rings. The summed E-state index contributed by atoms with van der Waals surface area (Å²) < 4.78 is 10.7. The number of nitrogens with two attached hydrogens (primary N) is 1. The number of Topliss-reactive ketones (excluding diaryl/α,β-unsaturated/α-hetero) is 1. The van der Waals surface area contributed by atoms with E-state index in [4.69, 9.17) is 20.3 Å². The number of carbonyl (C=O) groups is 4. The number of carboxylic acids is 1. The molecule has 0 aliphatic heterocycles. The largest absolute Gasteiger partial charge is 0.496 e. The number of amides is 2. The molecule has 0 unspecified atom stereocenters. The van der Waals surface area contributed by atoms with Crippen LogP contribution in [0.15, 0.2) is 24.5 Å². The van der Waals surface area contributed by atoms with Gasteiger partial charge in [0.15, 0.2) is 11.5 Å². The first kappa shape index (κ1) is 27.5. The third kappa shape index (κ3) is 7.00. The highest BCUT2D eigenvalue weighted by Gasteiger charge is 2.27. The van der Waals surface area contributed by atoms with Gasteiger partial charge in [-0.1, -0.05) is 0 Å². The van der Waals surface area contributed by atoms with Crippen molar-refractivity contribution in [3.8, 4) is 11.5 Å². The van der Waals surface area contributed by atoms with E-state index in [2.05, 4.69) is 20.6 Å². The second-order valence-electron chi connectivity index (χ2n) is 8.71. The van der Waals surface area contributed by atoms with Crippen LogP contribution in [0, 0.1) is 5.92 Å². The second-order valence-corrected chi connectivity index (χ2v) is 8.71. The van der Waals surface area contributed by atoms with E-state index in [1.807, 2.05) is 0 Å². The molecule has 2 aromatic rings. The summed E-state index contributed by atoms with van der Waals surface area (Å²) in [6.45, 7) is 0.549. The second kappa shape index (κ2) is 12.8. The fraction of sp³-hybridized carbons (Fsp3) is 0.440. The van der Waals surface area contributed by atoms with Crippen molar-refractivity contribution in [1.29, 1.82) is 0 Å². The highest BCUT2D eigenvalue weighted by Crippen LogP contribution is 2.31. The van der Waals surface area contributed by atoms with Crippen LogP contribution in [-0.4, -0.2) is 72.0 Å². The number of rotatable bonds is 11. The highest BCUT2D eigenvalue weighted by molar-refractivity contribution is 6.03. The van der Waals surface area contributed by atoms with Gasteiger partial charge in [0, 0.05) is 37.7 Å². The summed E-state index contributed by atoms with van der Waals surface area (Å²) in [6.07, 6.45) is 4.06. The number of hydrogen-bond acceptors (Lipinski definition) is 9. The van der Waals surface area contributed by atoms with E-state index in [0.717, 1.165) is 6.33 Å². The van der Waals surface area contributed by atoms with Crippen LogP contribution in [0.3, 0.4) is 0 Å². The van der Waals surface area contributed by atoms with Gasteiger partial charge in [-0.2, -0.15) is 0 Å². The molecule has 2 amide bonds. The molecule has 37 heavy (non-hydrogen) atoms. The molecule has 1 aromatic heterocycles. The highest BCUT2D eigenvalue weighted by atomic mass is 16.5. The molecule has 1 aromatic carbocycles. The van der Waals surface area contributed by atoms with Crippen molar-refractivity contribution < 1.29 is 33.8 Å². The van der Waals surface area contributed by atoms with E-state index >= 15 is 0 Å². The van der Waals surface area contributed by atoms with Gasteiger partial charge in [-0.3, -0.25) is 14.4 Å². The van der Waals surface area contributed by atoms with E-state index in [1.54, 1.807) is 0 Å². The third-order valence-corrected chi connectivity index (χ3v) is 6.27. The third-order valence-electron chi connectivity index (χ3n) is 6.27. The molecule has 12 heteroatoms. The topological polar surface area (TPSA) is 183 Å². The molecule has 198 valence electrons. The Morgan fingerprint density at radius 3 is 2.16 bits per heavy atom. The summed E-state index contributed by atoms with van der Waals surface area (Å²) in [5.41, 5.74) is 5.72. The Bertz CT molecular complexity index is 1160. The zero-order valence-electron chi connectivity index (χ0n) is 20.8. The predicted molar refractivity (Wildman–Crippen MR) is 132 cm³/mol. The van der Waals surface area contributed by atoms with Crippen LogP contribution < -0.4 is 25.8 Å². The van der Waals surface area contributed by atoms with Crippen molar-refractivity contribution in [2.24, 2.45) is 11.7 Å². The number of methoxy groups -OCH3 is 2. The van der Waals surface area contributed by atoms with Crippen LogP contribution in [-0.2, 0) is 0 Å². The SMILES string of the molecule is COc1cc(OC)c(C(=O)NC2CCC(CC(=O)c3cc(C(=O)O)ncn3)CC2)cc1C(=O)NCCN. The number of hydrogen-bond donors (Lipinski definition) is 4. The van der Waals surface area contributed by atoms with E-state index in [1.165, 1.54) is 32.4 Å². The van der Waals surface area contributed by atoms with E-state index in [-0.39, 0.29) is 77.2 Å². The minimum atomic E-state index is -1.22. The summed E-state index contributed by atoms with van der Waals surface area (Å²) in [6, 6.07) is 4.01. The van der Waals surface area contributed by atoms with E-state index < -0.39 is 11.9 Å². The number of ketones is 1. The molecule has 3 rings (SSSR count). The summed E-state index contributed by atoms with van der Waals surface area (Å²) in [5.74, 6) is -1.61. The lowest BCUT2D eigenvalue weighted by Gasteiger charge is -2.29. The Hall–Kier alpha value is -4.06. The number of ether oxygens (including phenoxy) is 2. The number of aromatic nitrogens is 2. The lowest BCUT2D eigenvalue weighted by Crippen LogP contribution is -2.38. The smallest absolute Gasteiger partial charge is 0.354 e. The Labute approximate surface area is 214 Å². The molecule has 5 N–H and O–H groups in total. The Morgan fingerprint density at radius 2 is 1.57 bits per heavy atom. The van der Waals surface area contributed by atoms with Crippen LogP contribution in [0.2, 0.25) is 0 Å². The Kier molecular flexibility index (Phi) is 9.50. The number of nitrogens with zero attached hydrogens (tertiary/aromatic N) is 2. The first-order valence-electron chi connectivity index (χ1n) is 11.9. The van der Waals surface area contributed by atoms with Gasteiger partial charge in [0.05, 0.1) is 25.3 Å². The number of aromatic carboxylic acids is 1. The zero-order valence-corrected chi connectivity index (χ0v) is 20.8. The van der Waals surface area contributed by atoms with Gasteiger partial charge in [0.25, 0.3) is 11.8 Å². The predicted octanol–water partition coefficient (Wildman–Crippen LogP) is 1.44. The van der Waals surface area contributed by atoms with Gasteiger partial charge in [0.2, 0.25) is 0 Å². The first-order chi connectivity index (χ1) is 17.8. The van der Waals surface area contributed by atoms with Crippen LogP contribution in [0.25, 0.3) is 0 Å². The van der Waals surface area contributed by atoms with Gasteiger partial charge in [-0.05, 0) is 37.7 Å². The monoisotopic (exact) mass is 513 g/mol. The summed E-state index contributed by atoms with van der Waals surface area (Å²) in [4.78, 5) is 56.9. The van der Waals surface area contributed by atoms with Gasteiger partial charge in [0.1, 0.15) is 23.5 Å². The summed E-state index contributed by atoms with van der Waals surface area (Å²) >= 11 is 0. The average molecular weight is 514 g/mol. The molecule has 0 saturated heterocycles. The van der Waals surface area contributed by atoms with Crippen molar-refractivity contribution in [3.63, 3.8) is 0 Å². The maximum absolute atomic E-state index is 13.1. The summed E-state index contributed by atoms with van der Waals surface area (Å²) in [5, 5.41) is 14.7. The molecular formula is C25H31N5O7. The minimum Gasteiger partial charge on any atom is -0.496 e. The van der Waals surface area contributed by atoms with Crippen LogP contribution >= 0.6 is 0 Å². The maximum atomic E-state index is 13.1. The number of nitrogens with one attached hydrogen (secondary N) is 2. The van der Waals surface area contributed by atoms with Crippen molar-refractivity contribution in [1.82, 2.24) is 20.6 Å². The van der Waals surface area contributed by atoms with Crippen LogP contribution in [0.1, 0.15) is 73.8 Å². The van der Waals surface area contributed by atoms with Gasteiger partial charge >= 0.3 is 5.97 Å². The minimum absolute atomic E-state index is 0.0840. The molecule has 1 aliphatic carbocycles. The molecule has 0 spiro atoms. The standard InChI is InChI=1S/C25H31N5O7/c1-36-21-12-22(37-2)17(10-16(21)23(32)27-8-7-26)24(33)30-15-5-3-14(4-6-15)9-20(31)18-11-19(25(34)35)29-13-28-18/h10-15H,3-9,26H2,1-2H3,(H,27,32)(H,30,33)(H,34,35). The fourth-order valence-corrected chi connectivity index (χ4v) is 4.30. The number of carboxylic acid groups (broad SMARTS) is 1. The zero-order chi connectivity index (χ0) is 26.9. The normalized spacial score (nSPS) is 16.9. The fourth-order valence-electron chi connectivity index (χ4n) is 4.30. The molecule has 0 radical (unpaired) electrons. The molecule has 0 atom stereocenters. The quantitative estimate of drug-likeness (QED) is 0.321. The van der Waals surface area contributed by atoms with E-state index in [0.29, 0.717) is 25.7 Å². The molecule has 12 nitrogen and oxygen atoms in total. The maximum Gasteiger partial charge on any atom is 0.354 e. The lowest BCUT2D eigenvalue weighted by molar-refractivity contribution is 0.0689. The van der Waals surface area contributed by atoms with Crippen molar-refractivity contribution in [2.75, 3.05) is 27.3 Å². The molecule has 1 heterocycles. The molecule has 1 fully saturated rings. The van der Waals surface area contributed by atoms with Gasteiger partial charge in [-0.15, -0.1) is 0 Å². The van der Waals surface area contributed by atoms with Gasteiger partial charge < -0.3 is 30.9 Å². The molecule has 0 bridgehead atoms. The van der Waals surface area contributed by atoms with Crippen molar-refractivity contribution >= 4 is 23.6 Å². The Balaban J connectivity index is 1.62. The first-order valence-corrected chi connectivity index (χ1v) is 11.9. The van der Waals surface area contributed by atoms with Gasteiger partial charge in [-0.25, -0.2) is 14.8 Å². The number of carbonyl (C=O) groups excluding carboxylic acids is 3. The van der Waals surface area contributed by atoms with Crippen molar-refractivity contribution in [3.05, 3.63) is 47.0 Å². The lowest BCUT2D eigenvalue weighted by atomic mass is 9.82. The van der Waals surface area contributed by atoms with Crippen LogP contribution in [0.4, 0.5) is 0 Å². The number of benzene rings is 1.